The monoisotopic (exact) mass is 232 g/mol. The number of aliphatic carboxylic acids is 1. The number of carboxylic acids is 1. The number of benzene rings is 1. The zero-order valence-corrected chi connectivity index (χ0v) is 9.76. The molecule has 1 aromatic heterocycles. The Morgan fingerprint density at radius 2 is 2.18 bits per heavy atom. The van der Waals surface area contributed by atoms with Crippen molar-refractivity contribution in [2.24, 2.45) is 5.73 Å². The molecule has 1 heterocycles. The van der Waals surface area contributed by atoms with E-state index < -0.39 is 5.97 Å². The standard InChI is InChI=1S/C13H16N2O2/c1-9(14)6-10-7-15(8-13(16)17)12-5-3-2-4-11(10)12/h2-5,7,9H,6,8,14H2,1H3,(H,16,17). The van der Waals surface area contributed by atoms with Gasteiger partial charge in [-0.3, -0.25) is 4.79 Å². The number of fused-ring (bicyclic) bond motifs is 1. The van der Waals surface area contributed by atoms with Gasteiger partial charge in [-0.25, -0.2) is 0 Å². The number of para-hydroxylation sites is 1. The zero-order valence-electron chi connectivity index (χ0n) is 9.76. The molecule has 1 aromatic carbocycles. The molecule has 0 aliphatic heterocycles. The summed E-state index contributed by atoms with van der Waals surface area (Å²) in [6.07, 6.45) is 2.65. The smallest absolute Gasteiger partial charge is 0.323 e. The van der Waals surface area contributed by atoms with Crippen LogP contribution in [0, 0.1) is 0 Å². The van der Waals surface area contributed by atoms with Crippen molar-refractivity contribution in [3.8, 4) is 0 Å². The van der Waals surface area contributed by atoms with Gasteiger partial charge >= 0.3 is 5.97 Å². The molecule has 1 atom stereocenters. The highest BCUT2D eigenvalue weighted by molar-refractivity contribution is 5.85. The number of nitrogens with zero attached hydrogens (tertiary/aromatic N) is 1. The SMILES string of the molecule is CC(N)Cc1cn(CC(=O)O)c2ccccc12. The molecule has 17 heavy (non-hydrogen) atoms. The fourth-order valence-corrected chi connectivity index (χ4v) is 2.11. The first-order valence-electron chi connectivity index (χ1n) is 5.62. The first-order valence-corrected chi connectivity index (χ1v) is 5.62. The lowest BCUT2D eigenvalue weighted by Gasteiger charge is -2.02. The summed E-state index contributed by atoms with van der Waals surface area (Å²) >= 11 is 0. The van der Waals surface area contributed by atoms with Gasteiger partial charge in [-0.2, -0.15) is 0 Å². The summed E-state index contributed by atoms with van der Waals surface area (Å²) in [6.45, 7) is 1.93. The van der Waals surface area contributed by atoms with Crippen molar-refractivity contribution in [3.05, 3.63) is 36.0 Å². The average Bonchev–Trinajstić information content (AvgIpc) is 2.56. The third-order valence-corrected chi connectivity index (χ3v) is 2.72. The fourth-order valence-electron chi connectivity index (χ4n) is 2.11. The second kappa shape index (κ2) is 4.59. The van der Waals surface area contributed by atoms with Crippen LogP contribution in [0.25, 0.3) is 10.9 Å². The molecule has 3 N–H and O–H groups in total. The number of hydrogen-bond acceptors (Lipinski definition) is 2. The largest absolute Gasteiger partial charge is 0.480 e. The molecule has 2 rings (SSSR count). The van der Waals surface area contributed by atoms with Crippen LogP contribution in [0.1, 0.15) is 12.5 Å². The summed E-state index contributed by atoms with van der Waals surface area (Å²) in [5.41, 5.74) is 7.86. The molecule has 0 bridgehead atoms. The van der Waals surface area contributed by atoms with Gasteiger partial charge in [0.1, 0.15) is 6.54 Å². The van der Waals surface area contributed by atoms with E-state index in [0.717, 1.165) is 22.9 Å². The highest BCUT2D eigenvalue weighted by Crippen LogP contribution is 2.22. The lowest BCUT2D eigenvalue weighted by molar-refractivity contribution is -0.137. The second-order valence-electron chi connectivity index (χ2n) is 4.37. The van der Waals surface area contributed by atoms with Crippen molar-refractivity contribution in [2.45, 2.75) is 25.9 Å². The van der Waals surface area contributed by atoms with Crippen LogP contribution >= 0.6 is 0 Å². The molecule has 0 saturated heterocycles. The van der Waals surface area contributed by atoms with E-state index in [0.29, 0.717) is 0 Å². The summed E-state index contributed by atoms with van der Waals surface area (Å²) in [5, 5.41) is 9.96. The minimum atomic E-state index is -0.835. The zero-order chi connectivity index (χ0) is 12.4. The first kappa shape index (κ1) is 11.7. The first-order chi connectivity index (χ1) is 8.08. The maximum atomic E-state index is 10.8. The normalized spacial score (nSPS) is 12.8. The van der Waals surface area contributed by atoms with Crippen molar-refractivity contribution in [2.75, 3.05) is 0 Å². The number of carboxylic acid groups (broad SMARTS) is 1. The molecule has 0 aliphatic rings. The van der Waals surface area contributed by atoms with E-state index in [9.17, 15) is 4.79 Å². The van der Waals surface area contributed by atoms with Crippen LogP contribution in [-0.2, 0) is 17.8 Å². The second-order valence-corrected chi connectivity index (χ2v) is 4.37. The van der Waals surface area contributed by atoms with Crippen LogP contribution in [0.3, 0.4) is 0 Å². The van der Waals surface area contributed by atoms with E-state index >= 15 is 0 Å². The van der Waals surface area contributed by atoms with Crippen molar-refractivity contribution >= 4 is 16.9 Å². The molecular weight excluding hydrogens is 216 g/mol. The van der Waals surface area contributed by atoms with Crippen LogP contribution < -0.4 is 5.73 Å². The Morgan fingerprint density at radius 1 is 1.47 bits per heavy atom. The summed E-state index contributed by atoms with van der Waals surface area (Å²) < 4.78 is 1.76. The average molecular weight is 232 g/mol. The molecule has 0 saturated carbocycles. The van der Waals surface area contributed by atoms with Gasteiger partial charge in [0.05, 0.1) is 0 Å². The fraction of sp³-hybridized carbons (Fsp3) is 0.308. The van der Waals surface area contributed by atoms with Gasteiger partial charge in [-0.15, -0.1) is 0 Å². The van der Waals surface area contributed by atoms with Crippen molar-refractivity contribution in [3.63, 3.8) is 0 Å². The quantitative estimate of drug-likeness (QED) is 0.841. The Morgan fingerprint density at radius 3 is 2.82 bits per heavy atom. The molecule has 0 aliphatic carbocycles. The highest BCUT2D eigenvalue weighted by Gasteiger charge is 2.10. The summed E-state index contributed by atoms with van der Waals surface area (Å²) in [5.74, 6) is -0.835. The topological polar surface area (TPSA) is 68.2 Å². The number of hydrogen-bond donors (Lipinski definition) is 2. The molecule has 2 aromatic rings. The lowest BCUT2D eigenvalue weighted by Crippen LogP contribution is -2.17. The minimum Gasteiger partial charge on any atom is -0.480 e. The van der Waals surface area contributed by atoms with Gasteiger partial charge < -0.3 is 15.4 Å². The van der Waals surface area contributed by atoms with E-state index in [1.54, 1.807) is 4.57 Å². The molecule has 0 spiro atoms. The van der Waals surface area contributed by atoms with Gasteiger partial charge in [0.15, 0.2) is 0 Å². The van der Waals surface area contributed by atoms with E-state index in [2.05, 4.69) is 0 Å². The van der Waals surface area contributed by atoms with Crippen LogP contribution in [0.5, 0.6) is 0 Å². The van der Waals surface area contributed by atoms with Gasteiger partial charge in [0.2, 0.25) is 0 Å². The van der Waals surface area contributed by atoms with Gasteiger partial charge in [-0.05, 0) is 25.0 Å². The number of carbonyl (C=O) groups is 1. The number of aromatic nitrogens is 1. The van der Waals surface area contributed by atoms with Crippen LogP contribution in [-0.4, -0.2) is 21.7 Å². The summed E-state index contributed by atoms with van der Waals surface area (Å²) in [6, 6.07) is 7.88. The van der Waals surface area contributed by atoms with Crippen molar-refractivity contribution < 1.29 is 9.90 Å². The number of rotatable bonds is 4. The summed E-state index contributed by atoms with van der Waals surface area (Å²) in [4.78, 5) is 10.8. The van der Waals surface area contributed by atoms with E-state index in [-0.39, 0.29) is 12.6 Å². The third kappa shape index (κ3) is 2.47. The Hall–Kier alpha value is -1.81. The summed E-state index contributed by atoms with van der Waals surface area (Å²) in [7, 11) is 0. The van der Waals surface area contributed by atoms with Gasteiger partial charge in [0, 0.05) is 23.1 Å². The molecule has 0 amide bonds. The lowest BCUT2D eigenvalue weighted by atomic mass is 10.1. The predicted octanol–water partition coefficient (Wildman–Crippen LogP) is 1.62. The Bertz CT molecular complexity index is 543. The maximum Gasteiger partial charge on any atom is 0.323 e. The van der Waals surface area contributed by atoms with E-state index in [1.807, 2.05) is 37.4 Å². The van der Waals surface area contributed by atoms with Crippen LogP contribution in [0.2, 0.25) is 0 Å². The third-order valence-electron chi connectivity index (χ3n) is 2.72. The Labute approximate surface area is 99.7 Å². The van der Waals surface area contributed by atoms with Crippen molar-refractivity contribution in [1.82, 2.24) is 4.57 Å². The van der Waals surface area contributed by atoms with E-state index in [1.165, 1.54) is 0 Å². The molecule has 4 heteroatoms. The highest BCUT2D eigenvalue weighted by atomic mass is 16.4. The predicted molar refractivity (Wildman–Crippen MR) is 66.9 cm³/mol. The van der Waals surface area contributed by atoms with Crippen molar-refractivity contribution in [1.29, 1.82) is 0 Å². The molecule has 0 fully saturated rings. The minimum absolute atomic E-state index is 0.0144. The molecule has 4 nitrogen and oxygen atoms in total. The van der Waals surface area contributed by atoms with Crippen LogP contribution in [0.15, 0.2) is 30.5 Å². The van der Waals surface area contributed by atoms with E-state index in [4.69, 9.17) is 10.8 Å². The Kier molecular flexibility index (Phi) is 3.15. The molecule has 0 radical (unpaired) electrons. The van der Waals surface area contributed by atoms with Gasteiger partial charge in [0.25, 0.3) is 0 Å². The van der Waals surface area contributed by atoms with Gasteiger partial charge in [-0.1, -0.05) is 18.2 Å². The Balaban J connectivity index is 2.50. The maximum absolute atomic E-state index is 10.8. The molecular formula is C13H16N2O2. The van der Waals surface area contributed by atoms with Crippen LogP contribution in [0.4, 0.5) is 0 Å². The molecule has 90 valence electrons. The number of nitrogens with two attached hydrogens (primary N) is 1. The molecule has 1 unspecified atom stereocenters.